The zero-order valence-corrected chi connectivity index (χ0v) is 13.1. The summed E-state index contributed by atoms with van der Waals surface area (Å²) < 4.78 is 5.81. The fraction of sp³-hybridized carbons (Fsp3) is 0.684. The van der Waals surface area contributed by atoms with Gasteiger partial charge in [-0.3, -0.25) is 0 Å². The molecular weight excluding hydrogens is 258 g/mol. The van der Waals surface area contributed by atoms with E-state index in [1.165, 1.54) is 38.5 Å². The summed E-state index contributed by atoms with van der Waals surface area (Å²) in [6, 6.07) is 8.96. The third-order valence-electron chi connectivity index (χ3n) is 6.17. The fourth-order valence-electron chi connectivity index (χ4n) is 5.63. The molecule has 1 atom stereocenters. The number of hydrogen-bond donors (Lipinski definition) is 1. The molecule has 0 amide bonds. The average molecular weight is 285 g/mol. The normalized spacial score (nSPS) is 38.5. The summed E-state index contributed by atoms with van der Waals surface area (Å²) in [7, 11) is 0. The first-order chi connectivity index (χ1) is 10.2. The van der Waals surface area contributed by atoms with E-state index < -0.39 is 0 Å². The van der Waals surface area contributed by atoms with Gasteiger partial charge in [0.15, 0.2) is 0 Å². The Bertz CT molecular complexity index is 472. The summed E-state index contributed by atoms with van der Waals surface area (Å²) in [5.74, 6) is 3.97. The van der Waals surface area contributed by atoms with Crippen LogP contribution in [0.2, 0.25) is 0 Å². The van der Waals surface area contributed by atoms with Crippen molar-refractivity contribution in [2.45, 2.75) is 57.0 Å². The monoisotopic (exact) mass is 285 g/mol. The summed E-state index contributed by atoms with van der Waals surface area (Å²) >= 11 is 0. The average Bonchev–Trinajstić information content (AvgIpc) is 2.46. The van der Waals surface area contributed by atoms with Crippen LogP contribution >= 0.6 is 0 Å². The first-order valence-electron chi connectivity index (χ1n) is 8.64. The van der Waals surface area contributed by atoms with Crippen LogP contribution < -0.4 is 10.5 Å². The molecule has 0 spiro atoms. The molecule has 4 aliphatic rings. The molecule has 2 nitrogen and oxygen atoms in total. The molecule has 2 N–H and O–H groups in total. The van der Waals surface area contributed by atoms with E-state index in [1.807, 2.05) is 6.92 Å². The van der Waals surface area contributed by atoms with E-state index in [2.05, 4.69) is 24.3 Å². The number of rotatable bonds is 4. The van der Waals surface area contributed by atoms with Crippen LogP contribution in [0, 0.1) is 17.8 Å². The van der Waals surface area contributed by atoms with E-state index in [0.29, 0.717) is 12.0 Å². The molecule has 0 radical (unpaired) electrons. The smallest absolute Gasteiger partial charge is 0.119 e. The maximum Gasteiger partial charge on any atom is 0.119 e. The van der Waals surface area contributed by atoms with E-state index in [9.17, 15) is 0 Å². The van der Waals surface area contributed by atoms with Crippen molar-refractivity contribution < 1.29 is 4.74 Å². The predicted octanol–water partition coefficient (Wildman–Crippen LogP) is 3.88. The molecule has 114 valence electrons. The topological polar surface area (TPSA) is 35.2 Å². The summed E-state index contributed by atoms with van der Waals surface area (Å²) in [5, 5.41) is 0. The standard InChI is InChI=1S/C19H27NO/c1-13(12-20)21-18-4-2-17(3-5-18)19-9-14-6-15(10-19)8-16(7-14)11-19/h2-5,13-16H,6-12,20H2,1H3. The Hall–Kier alpha value is -1.02. The SMILES string of the molecule is CC(CN)Oc1ccc(C23CC4CC(CC(C4)C2)C3)cc1. The van der Waals surface area contributed by atoms with Gasteiger partial charge in [0.2, 0.25) is 0 Å². The molecule has 1 unspecified atom stereocenters. The lowest BCUT2D eigenvalue weighted by atomic mass is 9.48. The van der Waals surface area contributed by atoms with Gasteiger partial charge in [-0.05, 0) is 86.3 Å². The Balaban J connectivity index is 1.56. The maximum atomic E-state index is 5.81. The second kappa shape index (κ2) is 5.01. The van der Waals surface area contributed by atoms with Gasteiger partial charge in [-0.1, -0.05) is 12.1 Å². The zero-order chi connectivity index (χ0) is 14.4. The van der Waals surface area contributed by atoms with Gasteiger partial charge in [0, 0.05) is 6.54 Å². The number of hydrogen-bond acceptors (Lipinski definition) is 2. The lowest BCUT2D eigenvalue weighted by Crippen LogP contribution is -2.48. The molecule has 0 aromatic heterocycles. The van der Waals surface area contributed by atoms with Crippen molar-refractivity contribution in [2.75, 3.05) is 6.54 Å². The van der Waals surface area contributed by atoms with Gasteiger partial charge in [0.25, 0.3) is 0 Å². The van der Waals surface area contributed by atoms with Crippen molar-refractivity contribution in [3.8, 4) is 5.75 Å². The highest BCUT2D eigenvalue weighted by Crippen LogP contribution is 2.60. The van der Waals surface area contributed by atoms with Crippen LogP contribution in [-0.2, 0) is 5.41 Å². The van der Waals surface area contributed by atoms with E-state index >= 15 is 0 Å². The summed E-state index contributed by atoms with van der Waals surface area (Å²) in [4.78, 5) is 0. The minimum atomic E-state index is 0.0930. The molecule has 4 aliphatic carbocycles. The quantitative estimate of drug-likeness (QED) is 0.911. The molecule has 5 rings (SSSR count). The Morgan fingerprint density at radius 2 is 1.57 bits per heavy atom. The fourth-order valence-corrected chi connectivity index (χ4v) is 5.63. The lowest BCUT2D eigenvalue weighted by molar-refractivity contribution is -0.00521. The van der Waals surface area contributed by atoms with Crippen molar-refractivity contribution in [1.29, 1.82) is 0 Å². The van der Waals surface area contributed by atoms with Crippen LogP contribution in [0.3, 0.4) is 0 Å². The minimum absolute atomic E-state index is 0.0930. The molecule has 0 heterocycles. The molecule has 4 bridgehead atoms. The number of nitrogens with two attached hydrogens (primary N) is 1. The third-order valence-corrected chi connectivity index (χ3v) is 6.17. The molecule has 1 aromatic rings. The largest absolute Gasteiger partial charge is 0.489 e. The van der Waals surface area contributed by atoms with Crippen LogP contribution in [0.25, 0.3) is 0 Å². The molecule has 2 heteroatoms. The van der Waals surface area contributed by atoms with Crippen LogP contribution in [0.1, 0.15) is 51.0 Å². The van der Waals surface area contributed by atoms with Crippen molar-refractivity contribution in [2.24, 2.45) is 23.5 Å². The highest BCUT2D eigenvalue weighted by atomic mass is 16.5. The van der Waals surface area contributed by atoms with Crippen molar-refractivity contribution in [3.05, 3.63) is 29.8 Å². The van der Waals surface area contributed by atoms with Crippen LogP contribution in [0.4, 0.5) is 0 Å². The molecule has 4 saturated carbocycles. The molecule has 0 aliphatic heterocycles. The molecule has 21 heavy (non-hydrogen) atoms. The minimum Gasteiger partial charge on any atom is -0.489 e. The van der Waals surface area contributed by atoms with Gasteiger partial charge in [0.1, 0.15) is 11.9 Å². The summed E-state index contributed by atoms with van der Waals surface area (Å²) in [6.07, 6.45) is 8.91. The zero-order valence-electron chi connectivity index (χ0n) is 13.1. The van der Waals surface area contributed by atoms with Crippen molar-refractivity contribution >= 4 is 0 Å². The predicted molar refractivity (Wildman–Crippen MR) is 85.4 cm³/mol. The Kier molecular flexibility index (Phi) is 3.25. The van der Waals surface area contributed by atoms with E-state index in [1.54, 1.807) is 5.56 Å². The van der Waals surface area contributed by atoms with Crippen LogP contribution in [-0.4, -0.2) is 12.6 Å². The number of ether oxygens (including phenoxy) is 1. The van der Waals surface area contributed by atoms with Gasteiger partial charge < -0.3 is 10.5 Å². The maximum absolute atomic E-state index is 5.81. The Labute approximate surface area is 128 Å². The van der Waals surface area contributed by atoms with Gasteiger partial charge in [-0.15, -0.1) is 0 Å². The van der Waals surface area contributed by atoms with E-state index in [0.717, 1.165) is 23.5 Å². The highest BCUT2D eigenvalue weighted by molar-refractivity contribution is 5.34. The highest BCUT2D eigenvalue weighted by Gasteiger charge is 2.51. The summed E-state index contributed by atoms with van der Waals surface area (Å²) in [6.45, 7) is 2.59. The van der Waals surface area contributed by atoms with Gasteiger partial charge in [-0.25, -0.2) is 0 Å². The second-order valence-corrected chi connectivity index (χ2v) is 7.89. The Morgan fingerprint density at radius 3 is 2.05 bits per heavy atom. The molecular formula is C19H27NO. The van der Waals surface area contributed by atoms with Crippen LogP contribution in [0.15, 0.2) is 24.3 Å². The third kappa shape index (κ3) is 2.38. The van der Waals surface area contributed by atoms with Gasteiger partial charge in [0.05, 0.1) is 0 Å². The van der Waals surface area contributed by atoms with Crippen molar-refractivity contribution in [1.82, 2.24) is 0 Å². The van der Waals surface area contributed by atoms with Gasteiger partial charge >= 0.3 is 0 Å². The Morgan fingerprint density at radius 1 is 1.05 bits per heavy atom. The van der Waals surface area contributed by atoms with Gasteiger partial charge in [-0.2, -0.15) is 0 Å². The van der Waals surface area contributed by atoms with E-state index in [-0.39, 0.29) is 6.10 Å². The second-order valence-electron chi connectivity index (χ2n) is 7.89. The molecule has 1 aromatic carbocycles. The lowest BCUT2D eigenvalue weighted by Gasteiger charge is -2.57. The molecule has 0 saturated heterocycles. The summed E-state index contributed by atoms with van der Waals surface area (Å²) in [5.41, 5.74) is 7.68. The van der Waals surface area contributed by atoms with E-state index in [4.69, 9.17) is 10.5 Å². The van der Waals surface area contributed by atoms with Crippen molar-refractivity contribution in [3.63, 3.8) is 0 Å². The molecule has 4 fully saturated rings. The number of benzene rings is 1. The first kappa shape index (κ1) is 13.6. The van der Waals surface area contributed by atoms with Crippen LogP contribution in [0.5, 0.6) is 5.75 Å². The first-order valence-corrected chi connectivity index (χ1v) is 8.64.